The normalized spacial score (nSPS) is 20.2. The molecule has 1 atom stereocenters. The standard InChI is InChI=1S/C10H9BrN2O3/c11-7-4-12-2-1-8(7)13-5-6(10(15)16)3-9(13)14/h1-2,4,6H,3,5H2,(H,15,16). The van der Waals surface area contributed by atoms with Gasteiger partial charge < -0.3 is 10.0 Å². The molecule has 1 N–H and O–H groups in total. The number of carbonyl (C=O) groups is 2. The number of carboxylic acids is 1. The topological polar surface area (TPSA) is 70.5 Å². The van der Waals surface area contributed by atoms with Crippen molar-refractivity contribution >= 4 is 33.5 Å². The number of hydrogen-bond donors (Lipinski definition) is 1. The predicted octanol–water partition coefficient (Wildman–Crippen LogP) is 1.28. The molecule has 1 amide bonds. The zero-order valence-corrected chi connectivity index (χ0v) is 9.85. The van der Waals surface area contributed by atoms with E-state index in [1.807, 2.05) is 0 Å². The summed E-state index contributed by atoms with van der Waals surface area (Å²) in [6.07, 6.45) is 3.21. The van der Waals surface area contributed by atoms with E-state index in [4.69, 9.17) is 5.11 Å². The van der Waals surface area contributed by atoms with Crippen molar-refractivity contribution in [1.82, 2.24) is 4.98 Å². The molecule has 1 unspecified atom stereocenters. The van der Waals surface area contributed by atoms with E-state index in [0.717, 1.165) is 0 Å². The largest absolute Gasteiger partial charge is 0.481 e. The molecule has 84 valence electrons. The van der Waals surface area contributed by atoms with Crippen LogP contribution in [0, 0.1) is 5.92 Å². The minimum Gasteiger partial charge on any atom is -0.481 e. The van der Waals surface area contributed by atoms with Crippen LogP contribution >= 0.6 is 15.9 Å². The Bertz CT molecular complexity index is 449. The van der Waals surface area contributed by atoms with Gasteiger partial charge in [-0.3, -0.25) is 14.6 Å². The van der Waals surface area contributed by atoms with E-state index < -0.39 is 11.9 Å². The molecule has 0 aliphatic carbocycles. The van der Waals surface area contributed by atoms with Gasteiger partial charge in [0.15, 0.2) is 0 Å². The molecule has 1 aliphatic heterocycles. The van der Waals surface area contributed by atoms with Crippen molar-refractivity contribution in [3.63, 3.8) is 0 Å². The highest BCUT2D eigenvalue weighted by atomic mass is 79.9. The molecule has 0 radical (unpaired) electrons. The van der Waals surface area contributed by atoms with Crippen LogP contribution in [-0.4, -0.2) is 28.5 Å². The van der Waals surface area contributed by atoms with E-state index in [0.29, 0.717) is 10.2 Å². The zero-order chi connectivity index (χ0) is 11.7. The van der Waals surface area contributed by atoms with Gasteiger partial charge in [0.05, 0.1) is 16.1 Å². The summed E-state index contributed by atoms with van der Waals surface area (Å²) in [7, 11) is 0. The fourth-order valence-corrected chi connectivity index (χ4v) is 2.16. The van der Waals surface area contributed by atoms with Crippen LogP contribution in [0.15, 0.2) is 22.9 Å². The molecule has 1 aromatic heterocycles. The third kappa shape index (κ3) is 1.92. The molecular weight excluding hydrogens is 276 g/mol. The molecule has 2 heterocycles. The van der Waals surface area contributed by atoms with Crippen molar-refractivity contribution in [1.29, 1.82) is 0 Å². The van der Waals surface area contributed by atoms with Crippen molar-refractivity contribution in [3.05, 3.63) is 22.9 Å². The summed E-state index contributed by atoms with van der Waals surface area (Å²) in [5.74, 6) is -1.71. The van der Waals surface area contributed by atoms with Crippen LogP contribution in [0.25, 0.3) is 0 Å². The van der Waals surface area contributed by atoms with Gasteiger partial charge >= 0.3 is 5.97 Å². The number of carbonyl (C=O) groups excluding carboxylic acids is 1. The van der Waals surface area contributed by atoms with Crippen molar-refractivity contribution in [2.45, 2.75) is 6.42 Å². The molecule has 1 aromatic rings. The van der Waals surface area contributed by atoms with E-state index in [1.165, 1.54) is 4.90 Å². The molecule has 0 saturated carbocycles. The first-order valence-corrected chi connectivity index (χ1v) is 5.51. The summed E-state index contributed by atoms with van der Waals surface area (Å²) in [5.41, 5.74) is 0.670. The van der Waals surface area contributed by atoms with Crippen LogP contribution < -0.4 is 4.90 Å². The Morgan fingerprint density at radius 2 is 2.38 bits per heavy atom. The summed E-state index contributed by atoms with van der Waals surface area (Å²) in [6.45, 7) is 0.219. The molecule has 1 aliphatic rings. The number of aromatic nitrogens is 1. The van der Waals surface area contributed by atoms with E-state index in [1.54, 1.807) is 18.5 Å². The molecule has 0 bridgehead atoms. The second kappa shape index (κ2) is 4.21. The van der Waals surface area contributed by atoms with Gasteiger partial charge in [-0.15, -0.1) is 0 Å². The first-order chi connectivity index (χ1) is 7.59. The lowest BCUT2D eigenvalue weighted by Crippen LogP contribution is -2.26. The number of amides is 1. The van der Waals surface area contributed by atoms with Gasteiger partial charge in [0.1, 0.15) is 0 Å². The fourth-order valence-electron chi connectivity index (χ4n) is 1.69. The number of anilines is 1. The lowest BCUT2D eigenvalue weighted by molar-refractivity contribution is -0.141. The molecule has 6 heteroatoms. The van der Waals surface area contributed by atoms with Crippen LogP contribution in [0.1, 0.15) is 6.42 Å². The first-order valence-electron chi connectivity index (χ1n) is 4.72. The van der Waals surface area contributed by atoms with Crippen LogP contribution in [0.3, 0.4) is 0 Å². The van der Waals surface area contributed by atoms with E-state index in [9.17, 15) is 9.59 Å². The Morgan fingerprint density at radius 1 is 1.62 bits per heavy atom. The maximum Gasteiger partial charge on any atom is 0.308 e. The Labute approximate surface area is 100 Å². The smallest absolute Gasteiger partial charge is 0.308 e. The van der Waals surface area contributed by atoms with Crippen LogP contribution in [0.5, 0.6) is 0 Å². The SMILES string of the molecule is O=C(O)C1CC(=O)N(c2ccncc2Br)C1. The molecule has 5 nitrogen and oxygen atoms in total. The number of hydrogen-bond acceptors (Lipinski definition) is 3. The summed E-state index contributed by atoms with van der Waals surface area (Å²) in [5, 5.41) is 8.86. The Kier molecular flexibility index (Phi) is 2.91. The molecule has 0 aromatic carbocycles. The van der Waals surface area contributed by atoms with Crippen molar-refractivity contribution in [2.75, 3.05) is 11.4 Å². The third-order valence-corrected chi connectivity index (χ3v) is 3.13. The number of halogens is 1. The molecule has 0 spiro atoms. The second-order valence-electron chi connectivity index (χ2n) is 3.57. The highest BCUT2D eigenvalue weighted by molar-refractivity contribution is 9.10. The average Bonchev–Trinajstić information content (AvgIpc) is 2.61. The van der Waals surface area contributed by atoms with E-state index >= 15 is 0 Å². The predicted molar refractivity (Wildman–Crippen MR) is 60.0 cm³/mol. The van der Waals surface area contributed by atoms with Crippen LogP contribution in [0.4, 0.5) is 5.69 Å². The van der Waals surface area contributed by atoms with Gasteiger partial charge in [0.2, 0.25) is 5.91 Å². The van der Waals surface area contributed by atoms with Gasteiger partial charge in [-0.05, 0) is 22.0 Å². The number of aliphatic carboxylic acids is 1. The van der Waals surface area contributed by atoms with Gasteiger partial charge in [0.25, 0.3) is 0 Å². The Hall–Kier alpha value is -1.43. The molecule has 16 heavy (non-hydrogen) atoms. The number of pyridine rings is 1. The van der Waals surface area contributed by atoms with Gasteiger partial charge in [0, 0.05) is 25.4 Å². The zero-order valence-electron chi connectivity index (χ0n) is 8.26. The van der Waals surface area contributed by atoms with Gasteiger partial charge in [-0.2, -0.15) is 0 Å². The number of rotatable bonds is 2. The van der Waals surface area contributed by atoms with E-state index in [-0.39, 0.29) is 18.9 Å². The summed E-state index contributed by atoms with van der Waals surface area (Å²) in [4.78, 5) is 27.8. The van der Waals surface area contributed by atoms with Crippen molar-refractivity contribution in [3.8, 4) is 0 Å². The lowest BCUT2D eigenvalue weighted by Gasteiger charge is -2.17. The van der Waals surface area contributed by atoms with Gasteiger partial charge in [-0.1, -0.05) is 0 Å². The van der Waals surface area contributed by atoms with Crippen molar-refractivity contribution < 1.29 is 14.7 Å². The summed E-state index contributed by atoms with van der Waals surface area (Å²) >= 11 is 3.29. The van der Waals surface area contributed by atoms with Crippen LogP contribution in [-0.2, 0) is 9.59 Å². The first kappa shape index (κ1) is 11.1. The summed E-state index contributed by atoms with van der Waals surface area (Å²) < 4.78 is 0.689. The fraction of sp³-hybridized carbons (Fsp3) is 0.300. The molecule has 1 fully saturated rings. The number of nitrogens with zero attached hydrogens (tertiary/aromatic N) is 2. The van der Waals surface area contributed by atoms with Gasteiger partial charge in [-0.25, -0.2) is 0 Å². The Balaban J connectivity index is 2.27. The monoisotopic (exact) mass is 284 g/mol. The second-order valence-corrected chi connectivity index (χ2v) is 4.43. The highest BCUT2D eigenvalue weighted by Gasteiger charge is 2.35. The van der Waals surface area contributed by atoms with Crippen LogP contribution in [0.2, 0.25) is 0 Å². The lowest BCUT2D eigenvalue weighted by atomic mass is 10.1. The average molecular weight is 285 g/mol. The highest BCUT2D eigenvalue weighted by Crippen LogP contribution is 2.30. The quantitative estimate of drug-likeness (QED) is 0.888. The minimum atomic E-state index is -0.930. The van der Waals surface area contributed by atoms with Crippen molar-refractivity contribution in [2.24, 2.45) is 5.92 Å². The Morgan fingerprint density at radius 3 is 2.94 bits per heavy atom. The molecule has 1 saturated heterocycles. The molecule has 2 rings (SSSR count). The summed E-state index contributed by atoms with van der Waals surface area (Å²) in [6, 6.07) is 1.69. The molecular formula is C10H9BrN2O3. The minimum absolute atomic E-state index is 0.0596. The third-order valence-electron chi connectivity index (χ3n) is 2.52. The maximum absolute atomic E-state index is 11.7. The maximum atomic E-state index is 11.7. The number of carboxylic acid groups (broad SMARTS) is 1. The van der Waals surface area contributed by atoms with E-state index in [2.05, 4.69) is 20.9 Å².